The molecule has 2 saturated carbocycles. The summed E-state index contributed by atoms with van der Waals surface area (Å²) in [5.41, 5.74) is -1.01. The lowest BCUT2D eigenvalue weighted by atomic mass is 9.78. The van der Waals surface area contributed by atoms with E-state index in [2.05, 4.69) is 25.3 Å². The molecule has 124 valence electrons. The fourth-order valence-electron chi connectivity index (χ4n) is 3.46. The highest BCUT2D eigenvalue weighted by molar-refractivity contribution is 5.74. The third kappa shape index (κ3) is 2.43. The number of aromatic amines is 1. The zero-order valence-electron chi connectivity index (χ0n) is 12.4. The minimum Gasteiger partial charge on any atom is -0.378 e. The molecule has 0 aliphatic heterocycles. The number of hydrogen-bond donors (Lipinski definition) is 2. The Bertz CT molecular complexity index is 738. The summed E-state index contributed by atoms with van der Waals surface area (Å²) in [6.07, 6.45) is -0.297. The summed E-state index contributed by atoms with van der Waals surface area (Å²) in [5.74, 6) is -0.0151. The van der Waals surface area contributed by atoms with Crippen LogP contribution in [0.3, 0.4) is 0 Å². The van der Waals surface area contributed by atoms with Gasteiger partial charge in [0.1, 0.15) is 5.52 Å². The van der Waals surface area contributed by atoms with Gasteiger partial charge in [0, 0.05) is 12.6 Å². The highest BCUT2D eigenvalue weighted by Crippen LogP contribution is 2.62. The van der Waals surface area contributed by atoms with Crippen molar-refractivity contribution in [3.8, 4) is 0 Å². The van der Waals surface area contributed by atoms with Gasteiger partial charge in [0.15, 0.2) is 11.3 Å². The molecule has 0 saturated heterocycles. The van der Waals surface area contributed by atoms with Crippen molar-refractivity contribution < 1.29 is 17.9 Å². The minimum atomic E-state index is -4.55. The molecular weight excluding hydrogens is 311 g/mol. The largest absolute Gasteiger partial charge is 0.435 e. The average Bonchev–Trinajstić information content (AvgIpc) is 2.93. The van der Waals surface area contributed by atoms with E-state index in [9.17, 15) is 13.2 Å². The maximum atomic E-state index is 13.1. The van der Waals surface area contributed by atoms with E-state index in [1.54, 1.807) is 0 Å². The number of ether oxygens (including phenoxy) is 1. The molecule has 0 amide bonds. The average molecular weight is 327 g/mol. The molecular formula is C14H16F3N5O. The van der Waals surface area contributed by atoms with Crippen LogP contribution in [0.1, 0.15) is 31.9 Å². The van der Waals surface area contributed by atoms with Crippen LogP contribution >= 0.6 is 0 Å². The maximum absolute atomic E-state index is 13.1. The molecule has 1 unspecified atom stereocenters. The number of nitrogens with one attached hydrogen (secondary N) is 2. The molecule has 0 aromatic carbocycles. The SMILES string of the molecule is CCOC1CC2(C1)CC2Nc1nc(C(F)(F)F)c2[nH]cnc2n1. The van der Waals surface area contributed by atoms with Gasteiger partial charge in [-0.15, -0.1) is 0 Å². The van der Waals surface area contributed by atoms with Crippen molar-refractivity contribution in [3.63, 3.8) is 0 Å². The normalized spacial score (nSPS) is 29.7. The summed E-state index contributed by atoms with van der Waals surface area (Å²) < 4.78 is 44.9. The fraction of sp³-hybridized carbons (Fsp3) is 0.643. The van der Waals surface area contributed by atoms with Crippen molar-refractivity contribution in [1.29, 1.82) is 0 Å². The molecule has 9 heteroatoms. The molecule has 2 aromatic heterocycles. The Hall–Kier alpha value is -1.90. The number of aromatic nitrogens is 4. The summed E-state index contributed by atoms with van der Waals surface area (Å²) in [6.45, 7) is 2.64. The van der Waals surface area contributed by atoms with E-state index in [-0.39, 0.29) is 34.7 Å². The summed E-state index contributed by atoms with van der Waals surface area (Å²) in [6, 6.07) is 0.108. The van der Waals surface area contributed by atoms with Crippen LogP contribution in [0.5, 0.6) is 0 Å². The molecule has 2 aromatic rings. The molecule has 6 nitrogen and oxygen atoms in total. The Morgan fingerprint density at radius 1 is 1.35 bits per heavy atom. The van der Waals surface area contributed by atoms with E-state index < -0.39 is 11.9 Å². The van der Waals surface area contributed by atoms with Crippen molar-refractivity contribution >= 4 is 17.1 Å². The summed E-state index contributed by atoms with van der Waals surface area (Å²) in [7, 11) is 0. The Morgan fingerprint density at radius 3 is 2.83 bits per heavy atom. The number of halogens is 3. The predicted octanol–water partition coefficient (Wildman–Crippen LogP) is 2.74. The van der Waals surface area contributed by atoms with E-state index >= 15 is 0 Å². The second-order valence-electron chi connectivity index (χ2n) is 6.24. The van der Waals surface area contributed by atoms with Crippen molar-refractivity contribution in [2.24, 2.45) is 5.41 Å². The first-order valence-corrected chi connectivity index (χ1v) is 7.58. The zero-order chi connectivity index (χ0) is 16.2. The molecule has 4 rings (SSSR count). The monoisotopic (exact) mass is 327 g/mol. The Balaban J connectivity index is 1.53. The van der Waals surface area contributed by atoms with Gasteiger partial charge in [-0.1, -0.05) is 0 Å². The van der Waals surface area contributed by atoms with E-state index in [4.69, 9.17) is 4.74 Å². The van der Waals surface area contributed by atoms with Crippen LogP contribution in [0.15, 0.2) is 6.33 Å². The van der Waals surface area contributed by atoms with E-state index in [0.717, 1.165) is 19.3 Å². The van der Waals surface area contributed by atoms with E-state index in [1.165, 1.54) is 6.33 Å². The van der Waals surface area contributed by atoms with Crippen LogP contribution in [-0.4, -0.2) is 38.7 Å². The summed E-state index contributed by atoms with van der Waals surface area (Å²) in [5, 5.41) is 3.03. The molecule has 2 N–H and O–H groups in total. The molecule has 0 radical (unpaired) electrons. The Morgan fingerprint density at radius 2 is 2.13 bits per heavy atom. The number of nitrogens with zero attached hydrogens (tertiary/aromatic N) is 3. The molecule has 2 aliphatic rings. The third-order valence-corrected chi connectivity index (χ3v) is 4.72. The van der Waals surface area contributed by atoms with Gasteiger partial charge in [-0.2, -0.15) is 18.2 Å². The number of imidazole rings is 1. The summed E-state index contributed by atoms with van der Waals surface area (Å²) in [4.78, 5) is 14.0. The van der Waals surface area contributed by atoms with Crippen molar-refractivity contribution in [2.45, 2.75) is 44.5 Å². The molecule has 1 spiro atoms. The van der Waals surface area contributed by atoms with Gasteiger partial charge in [-0.05, 0) is 31.6 Å². The molecule has 23 heavy (non-hydrogen) atoms. The van der Waals surface area contributed by atoms with Gasteiger partial charge < -0.3 is 15.0 Å². The topological polar surface area (TPSA) is 75.7 Å². The van der Waals surface area contributed by atoms with Gasteiger partial charge in [-0.25, -0.2) is 9.97 Å². The number of anilines is 1. The highest BCUT2D eigenvalue weighted by atomic mass is 19.4. The smallest absolute Gasteiger partial charge is 0.378 e. The Kier molecular flexibility index (Phi) is 3.06. The minimum absolute atomic E-state index is 0.0151. The number of H-pyrrole nitrogens is 1. The first-order chi connectivity index (χ1) is 10.9. The molecule has 2 heterocycles. The first kappa shape index (κ1) is 14.7. The predicted molar refractivity (Wildman–Crippen MR) is 75.8 cm³/mol. The standard InChI is InChI=1S/C14H16F3N5O/c1-2-23-7-3-13(4-7)5-8(13)20-12-21-10(14(15,16)17)9-11(22-12)19-6-18-9/h6-8H,2-5H2,1H3,(H2,18,19,20,21,22). The third-order valence-electron chi connectivity index (χ3n) is 4.72. The number of hydrogen-bond acceptors (Lipinski definition) is 5. The summed E-state index contributed by atoms with van der Waals surface area (Å²) >= 11 is 0. The van der Waals surface area contributed by atoms with Crippen LogP contribution in [0.4, 0.5) is 19.1 Å². The first-order valence-electron chi connectivity index (χ1n) is 7.58. The lowest BCUT2D eigenvalue weighted by Crippen LogP contribution is -2.36. The second-order valence-corrected chi connectivity index (χ2v) is 6.24. The zero-order valence-corrected chi connectivity index (χ0v) is 12.4. The lowest BCUT2D eigenvalue weighted by Gasteiger charge is -2.36. The van der Waals surface area contributed by atoms with E-state index in [0.29, 0.717) is 6.61 Å². The maximum Gasteiger partial charge on any atom is 0.435 e. The van der Waals surface area contributed by atoms with Crippen molar-refractivity contribution in [2.75, 3.05) is 11.9 Å². The molecule has 1 atom stereocenters. The van der Waals surface area contributed by atoms with Crippen LogP contribution < -0.4 is 5.32 Å². The molecule has 2 aliphatic carbocycles. The molecule has 2 fully saturated rings. The van der Waals surface area contributed by atoms with Crippen molar-refractivity contribution in [1.82, 2.24) is 19.9 Å². The van der Waals surface area contributed by atoms with Gasteiger partial charge in [0.25, 0.3) is 0 Å². The van der Waals surface area contributed by atoms with E-state index in [1.807, 2.05) is 6.92 Å². The Labute approximate surface area is 129 Å². The quantitative estimate of drug-likeness (QED) is 0.903. The van der Waals surface area contributed by atoms with Gasteiger partial charge in [0.2, 0.25) is 5.95 Å². The number of alkyl halides is 3. The van der Waals surface area contributed by atoms with Crippen molar-refractivity contribution in [3.05, 3.63) is 12.0 Å². The lowest BCUT2D eigenvalue weighted by molar-refractivity contribution is -0.139. The molecule has 0 bridgehead atoms. The van der Waals surface area contributed by atoms with Crippen LogP contribution in [-0.2, 0) is 10.9 Å². The second kappa shape index (κ2) is 4.80. The van der Waals surface area contributed by atoms with Gasteiger partial charge in [-0.3, -0.25) is 0 Å². The highest BCUT2D eigenvalue weighted by Gasteiger charge is 2.62. The fourth-order valence-corrected chi connectivity index (χ4v) is 3.46. The van der Waals surface area contributed by atoms with Crippen LogP contribution in [0.2, 0.25) is 0 Å². The van der Waals surface area contributed by atoms with Crippen LogP contribution in [0.25, 0.3) is 11.2 Å². The van der Waals surface area contributed by atoms with Crippen LogP contribution in [0, 0.1) is 5.41 Å². The number of fused-ring (bicyclic) bond motifs is 1. The van der Waals surface area contributed by atoms with Gasteiger partial charge in [0.05, 0.1) is 12.4 Å². The number of rotatable bonds is 4. The van der Waals surface area contributed by atoms with Gasteiger partial charge >= 0.3 is 6.18 Å².